The highest BCUT2D eigenvalue weighted by molar-refractivity contribution is 5.69. The van der Waals surface area contributed by atoms with Crippen LogP contribution in [0, 0.1) is 0 Å². The maximum absolute atomic E-state index is 6.90. The average Bonchev–Trinajstić information content (AvgIpc) is 3.27. The Labute approximate surface area is 272 Å². The second-order valence-corrected chi connectivity index (χ2v) is 11.3. The highest BCUT2D eigenvalue weighted by Crippen LogP contribution is 2.32. The quantitative estimate of drug-likeness (QED) is 0.126. The summed E-state index contributed by atoms with van der Waals surface area (Å²) in [7, 11) is 0. The summed E-state index contributed by atoms with van der Waals surface area (Å²) in [5.74, 6) is 0. The summed E-state index contributed by atoms with van der Waals surface area (Å²) in [6.45, 7) is 1.96. The zero-order chi connectivity index (χ0) is 31.2. The molecule has 4 atom stereocenters. The third-order valence-corrected chi connectivity index (χ3v) is 7.90. The number of ether oxygens (including phenoxy) is 5. The standard InChI is InChI=1S/C41H40O5/c1-6-16-32(17-7-1)27-42-31-39-40(44-29-34-20-10-3-11-21-34)38(43-28-33-18-8-2-9-19-33)26-37(36-24-14-5-15-25-36)41(46-39)45-30-35-22-12-4-13-23-35/h1-26,38-41H,27-31H2/t38-,39-,40+,41-/m1/s1. The van der Waals surface area contributed by atoms with E-state index in [0.29, 0.717) is 33.0 Å². The fraction of sp³-hybridized carbons (Fsp3) is 0.220. The summed E-state index contributed by atoms with van der Waals surface area (Å²) in [5.41, 5.74) is 6.21. The Hall–Kier alpha value is -4.36. The third kappa shape index (κ3) is 9.10. The van der Waals surface area contributed by atoms with E-state index >= 15 is 0 Å². The number of hydrogen-bond donors (Lipinski definition) is 0. The minimum atomic E-state index is -0.680. The summed E-state index contributed by atoms with van der Waals surface area (Å²) < 4.78 is 33.2. The van der Waals surface area contributed by atoms with Crippen LogP contribution in [0.1, 0.15) is 27.8 Å². The van der Waals surface area contributed by atoms with Gasteiger partial charge in [-0.05, 0) is 33.9 Å². The van der Waals surface area contributed by atoms with Crippen molar-refractivity contribution in [3.63, 3.8) is 0 Å². The van der Waals surface area contributed by atoms with Crippen LogP contribution in [0.15, 0.2) is 158 Å². The van der Waals surface area contributed by atoms with Gasteiger partial charge in [-0.2, -0.15) is 0 Å². The number of benzene rings is 5. The van der Waals surface area contributed by atoms with Gasteiger partial charge in [-0.25, -0.2) is 0 Å². The molecule has 0 bridgehead atoms. The van der Waals surface area contributed by atoms with Gasteiger partial charge in [0.05, 0.1) is 33.0 Å². The molecule has 0 fully saturated rings. The van der Waals surface area contributed by atoms with E-state index in [0.717, 1.165) is 33.4 Å². The van der Waals surface area contributed by atoms with Gasteiger partial charge in [0.25, 0.3) is 0 Å². The fourth-order valence-electron chi connectivity index (χ4n) is 5.49. The third-order valence-electron chi connectivity index (χ3n) is 7.90. The normalized spacial score (nSPS) is 19.7. The van der Waals surface area contributed by atoms with E-state index in [9.17, 15) is 0 Å². The zero-order valence-corrected chi connectivity index (χ0v) is 25.9. The molecule has 0 saturated heterocycles. The van der Waals surface area contributed by atoms with Crippen molar-refractivity contribution in [3.8, 4) is 0 Å². The van der Waals surface area contributed by atoms with Crippen molar-refractivity contribution in [2.24, 2.45) is 0 Å². The first-order chi connectivity index (χ1) is 22.8. The Balaban J connectivity index is 1.34. The lowest BCUT2D eigenvalue weighted by Gasteiger charge is -2.32. The molecule has 0 unspecified atom stereocenters. The molecule has 0 amide bonds. The molecule has 5 aromatic carbocycles. The summed E-state index contributed by atoms with van der Waals surface area (Å²) in [6, 6.07) is 50.9. The van der Waals surface area contributed by atoms with E-state index in [-0.39, 0.29) is 0 Å². The van der Waals surface area contributed by atoms with E-state index in [1.165, 1.54) is 0 Å². The van der Waals surface area contributed by atoms with Gasteiger partial charge in [-0.1, -0.05) is 152 Å². The summed E-state index contributed by atoms with van der Waals surface area (Å²) in [4.78, 5) is 0. The van der Waals surface area contributed by atoms with Crippen molar-refractivity contribution in [1.82, 2.24) is 0 Å². The molecule has 0 spiro atoms. The molecule has 6 rings (SSSR count). The molecule has 0 radical (unpaired) electrons. The largest absolute Gasteiger partial charge is 0.374 e. The van der Waals surface area contributed by atoms with Crippen molar-refractivity contribution >= 4 is 5.57 Å². The van der Waals surface area contributed by atoms with Crippen molar-refractivity contribution in [3.05, 3.63) is 186 Å². The summed E-state index contributed by atoms with van der Waals surface area (Å²) in [5, 5.41) is 0. The number of rotatable bonds is 14. The van der Waals surface area contributed by atoms with Gasteiger partial charge in [0.1, 0.15) is 18.3 Å². The molecular formula is C41H40O5. The van der Waals surface area contributed by atoms with Gasteiger partial charge in [-0.3, -0.25) is 0 Å². The molecule has 1 aliphatic heterocycles. The molecule has 234 valence electrons. The molecule has 46 heavy (non-hydrogen) atoms. The SMILES string of the molecule is C1=C(c2ccccc2)[C@H](OCc2ccccc2)O[C@H](COCc2ccccc2)[C@@H](OCc2ccccc2)[C@@H]1OCc1ccccc1. The monoisotopic (exact) mass is 612 g/mol. The topological polar surface area (TPSA) is 46.2 Å². The van der Waals surface area contributed by atoms with Crippen molar-refractivity contribution in [1.29, 1.82) is 0 Å². The molecule has 0 aliphatic carbocycles. The maximum Gasteiger partial charge on any atom is 0.185 e. The van der Waals surface area contributed by atoms with Crippen molar-refractivity contribution < 1.29 is 23.7 Å². The smallest absolute Gasteiger partial charge is 0.185 e. The Morgan fingerprint density at radius 3 is 1.41 bits per heavy atom. The van der Waals surface area contributed by atoms with Gasteiger partial charge < -0.3 is 23.7 Å². The van der Waals surface area contributed by atoms with Crippen LogP contribution in [0.2, 0.25) is 0 Å². The average molecular weight is 613 g/mol. The zero-order valence-electron chi connectivity index (χ0n) is 25.9. The Morgan fingerprint density at radius 2 is 0.891 bits per heavy atom. The van der Waals surface area contributed by atoms with E-state index in [1.54, 1.807) is 0 Å². The molecule has 0 N–H and O–H groups in total. The lowest BCUT2D eigenvalue weighted by atomic mass is 10.0. The van der Waals surface area contributed by atoms with Crippen LogP contribution in [0.25, 0.3) is 5.57 Å². The van der Waals surface area contributed by atoms with Gasteiger partial charge in [0.15, 0.2) is 6.29 Å². The molecule has 0 aromatic heterocycles. The minimum Gasteiger partial charge on any atom is -0.374 e. The second kappa shape index (κ2) is 16.8. The van der Waals surface area contributed by atoms with Gasteiger partial charge in [0.2, 0.25) is 0 Å². The Morgan fingerprint density at radius 1 is 0.457 bits per heavy atom. The molecular weight excluding hydrogens is 572 g/mol. The minimum absolute atomic E-state index is 0.292. The molecule has 5 nitrogen and oxygen atoms in total. The lowest BCUT2D eigenvalue weighted by Crippen LogP contribution is -2.44. The van der Waals surface area contributed by atoms with Gasteiger partial charge >= 0.3 is 0 Å². The molecule has 0 saturated carbocycles. The molecule has 5 aromatic rings. The van der Waals surface area contributed by atoms with Crippen LogP contribution < -0.4 is 0 Å². The predicted octanol–water partition coefficient (Wildman–Crippen LogP) is 8.40. The molecule has 5 heteroatoms. The van der Waals surface area contributed by atoms with Crippen molar-refractivity contribution in [2.45, 2.75) is 51.0 Å². The molecule has 1 heterocycles. The van der Waals surface area contributed by atoms with E-state index in [2.05, 4.69) is 66.7 Å². The Kier molecular flexibility index (Phi) is 11.6. The van der Waals surface area contributed by atoms with E-state index in [1.807, 2.05) is 91.0 Å². The fourth-order valence-corrected chi connectivity index (χ4v) is 5.49. The first-order valence-corrected chi connectivity index (χ1v) is 15.8. The summed E-state index contributed by atoms with van der Waals surface area (Å²) >= 11 is 0. The second-order valence-electron chi connectivity index (χ2n) is 11.3. The first-order valence-electron chi connectivity index (χ1n) is 15.8. The van der Waals surface area contributed by atoms with E-state index < -0.39 is 24.6 Å². The summed E-state index contributed by atoms with van der Waals surface area (Å²) in [6.07, 6.45) is 0.0202. The van der Waals surface area contributed by atoms with Crippen molar-refractivity contribution in [2.75, 3.05) is 6.61 Å². The van der Waals surface area contributed by atoms with Crippen LogP contribution in [0.3, 0.4) is 0 Å². The highest BCUT2D eigenvalue weighted by atomic mass is 16.7. The van der Waals surface area contributed by atoms with E-state index in [4.69, 9.17) is 23.7 Å². The van der Waals surface area contributed by atoms with Crippen LogP contribution in [0.5, 0.6) is 0 Å². The first kappa shape index (κ1) is 31.6. The van der Waals surface area contributed by atoms with Gasteiger partial charge in [-0.15, -0.1) is 0 Å². The van der Waals surface area contributed by atoms with Gasteiger partial charge in [0, 0.05) is 5.57 Å². The van der Waals surface area contributed by atoms with Crippen LogP contribution in [0.4, 0.5) is 0 Å². The van der Waals surface area contributed by atoms with Crippen LogP contribution in [-0.2, 0) is 50.1 Å². The predicted molar refractivity (Wildman–Crippen MR) is 180 cm³/mol. The van der Waals surface area contributed by atoms with Crippen LogP contribution in [-0.4, -0.2) is 31.2 Å². The van der Waals surface area contributed by atoms with Crippen LogP contribution >= 0.6 is 0 Å². The molecule has 1 aliphatic rings. The lowest BCUT2D eigenvalue weighted by molar-refractivity contribution is -0.205. The highest BCUT2D eigenvalue weighted by Gasteiger charge is 2.39. The maximum atomic E-state index is 6.90. The Bertz CT molecular complexity index is 1590. The number of hydrogen-bond acceptors (Lipinski definition) is 5.